The Balaban J connectivity index is 1.47. The van der Waals surface area contributed by atoms with E-state index in [4.69, 9.17) is 12.6 Å². The minimum atomic E-state index is -0.535. The Labute approximate surface area is 187 Å². The van der Waals surface area contributed by atoms with Gasteiger partial charge in [0.25, 0.3) is 0 Å². The molecule has 158 valence electrons. The van der Waals surface area contributed by atoms with E-state index in [-0.39, 0.29) is 22.8 Å². The van der Waals surface area contributed by atoms with Crippen LogP contribution in [0.4, 0.5) is 4.39 Å². The number of carbonyl (C=O) groups is 1. The van der Waals surface area contributed by atoms with Gasteiger partial charge in [-0.3, -0.25) is 14.7 Å². The van der Waals surface area contributed by atoms with E-state index in [2.05, 4.69) is 28.1 Å². The Morgan fingerprint density at radius 2 is 1.90 bits per heavy atom. The Morgan fingerprint density at radius 3 is 2.71 bits per heavy atom. The van der Waals surface area contributed by atoms with Crippen LogP contribution in [0.25, 0.3) is 17.0 Å². The zero-order valence-corrected chi connectivity index (χ0v) is 18.1. The summed E-state index contributed by atoms with van der Waals surface area (Å²) < 4.78 is 14.7. The number of aromatic nitrogens is 1. The highest BCUT2D eigenvalue weighted by atomic mass is 32.1. The highest BCUT2D eigenvalue weighted by Gasteiger charge is 2.40. The fraction of sp³-hybridized carbons (Fsp3) is 0.308. The number of thiol groups is 1. The van der Waals surface area contributed by atoms with Crippen LogP contribution < -0.4 is 0 Å². The van der Waals surface area contributed by atoms with Crippen molar-refractivity contribution in [2.24, 2.45) is 5.92 Å². The summed E-state index contributed by atoms with van der Waals surface area (Å²) >= 11 is 4.81. The van der Waals surface area contributed by atoms with Gasteiger partial charge in [-0.1, -0.05) is 42.5 Å². The minimum absolute atomic E-state index is 0.0652. The van der Waals surface area contributed by atoms with Crippen LogP contribution in [-0.2, 0) is 4.79 Å². The summed E-state index contributed by atoms with van der Waals surface area (Å²) in [6.45, 7) is 1.32. The summed E-state index contributed by atoms with van der Waals surface area (Å²) in [5.74, 6) is -0.0939. The number of para-hydroxylation sites is 1. The molecule has 3 aromatic rings. The van der Waals surface area contributed by atoms with Crippen molar-refractivity contribution >= 4 is 35.4 Å². The number of likely N-dealkylation sites (tertiary alicyclic amines) is 1. The van der Waals surface area contributed by atoms with Crippen LogP contribution in [0, 0.1) is 11.7 Å². The van der Waals surface area contributed by atoms with E-state index in [1.165, 1.54) is 6.07 Å². The van der Waals surface area contributed by atoms with Gasteiger partial charge < -0.3 is 0 Å². The topological polar surface area (TPSA) is 33.2 Å². The second-order valence-electron chi connectivity index (χ2n) is 8.56. The van der Waals surface area contributed by atoms with Crippen LogP contribution in [0.5, 0.6) is 0 Å². The number of nitrogens with zero attached hydrogens (tertiary/aromatic N) is 2. The highest BCUT2D eigenvalue weighted by Crippen LogP contribution is 2.39. The first-order valence-corrected chi connectivity index (χ1v) is 11.4. The molecule has 5 rings (SSSR count). The third-order valence-corrected chi connectivity index (χ3v) is 6.87. The summed E-state index contributed by atoms with van der Waals surface area (Å²) in [6, 6.07) is 16.3. The number of piperidine rings is 1. The lowest BCUT2D eigenvalue weighted by Crippen LogP contribution is -2.42. The average molecular weight is 433 g/mol. The fourth-order valence-electron chi connectivity index (χ4n) is 4.45. The van der Waals surface area contributed by atoms with E-state index in [1.807, 2.05) is 30.5 Å². The van der Waals surface area contributed by atoms with Crippen LogP contribution in [0.2, 0.25) is 0 Å². The molecule has 2 fully saturated rings. The minimum Gasteiger partial charge on any atom is -0.297 e. The molecule has 2 heterocycles. The monoisotopic (exact) mass is 432 g/mol. The molecule has 3 nitrogen and oxygen atoms in total. The van der Waals surface area contributed by atoms with E-state index in [0.717, 1.165) is 47.8 Å². The largest absolute Gasteiger partial charge is 0.297 e. The summed E-state index contributed by atoms with van der Waals surface area (Å²) in [5.41, 5.74) is 3.61. The maximum absolute atomic E-state index is 14.7. The third-order valence-electron chi connectivity index (χ3n) is 6.28. The normalized spacial score (nSPS) is 22.0. The first-order valence-electron chi connectivity index (χ1n) is 10.9. The summed E-state index contributed by atoms with van der Waals surface area (Å²) in [6.07, 6.45) is 6.65. The van der Waals surface area contributed by atoms with Gasteiger partial charge >= 0.3 is 0 Å². The molecule has 0 bridgehead atoms. The first kappa shape index (κ1) is 20.4. The predicted octanol–water partition coefficient (Wildman–Crippen LogP) is 5.48. The molecule has 31 heavy (non-hydrogen) atoms. The molecule has 5 heteroatoms. The standard InChI is InChI=1S/C26H25FN2OS/c27-22-7-3-2-6-21(22)25(26(30)18-9-10-18)29-12-11-24(31)20(16-29)14-17-13-19-5-1-4-8-23(19)28-15-17/h1-8,13-15,18,24-25,31H,9-12,16H2/b20-14+. The number of hydrogen-bond acceptors (Lipinski definition) is 4. The molecular formula is C26H25FN2OS. The average Bonchev–Trinajstić information content (AvgIpc) is 3.63. The number of pyridine rings is 1. The van der Waals surface area contributed by atoms with Crippen molar-refractivity contribution in [2.45, 2.75) is 30.6 Å². The number of rotatable bonds is 5. The van der Waals surface area contributed by atoms with Crippen molar-refractivity contribution in [3.05, 3.63) is 83.3 Å². The van der Waals surface area contributed by atoms with E-state index in [1.54, 1.807) is 12.1 Å². The molecule has 1 saturated heterocycles. The number of fused-ring (bicyclic) bond motifs is 1. The summed E-state index contributed by atoms with van der Waals surface area (Å²) in [7, 11) is 0. The van der Waals surface area contributed by atoms with Crippen molar-refractivity contribution in [2.75, 3.05) is 13.1 Å². The molecule has 2 aliphatic rings. The Kier molecular flexibility index (Phi) is 5.63. The molecule has 0 N–H and O–H groups in total. The van der Waals surface area contributed by atoms with Gasteiger partial charge in [0.05, 0.1) is 11.6 Å². The molecule has 1 aliphatic carbocycles. The molecule has 0 spiro atoms. The van der Waals surface area contributed by atoms with Gasteiger partial charge in [0.2, 0.25) is 0 Å². The quantitative estimate of drug-likeness (QED) is 0.542. The number of halogens is 1. The molecule has 2 aromatic carbocycles. The lowest BCUT2D eigenvalue weighted by Gasteiger charge is -2.37. The third kappa shape index (κ3) is 4.30. The van der Waals surface area contributed by atoms with Gasteiger partial charge in [-0.25, -0.2) is 4.39 Å². The lowest BCUT2D eigenvalue weighted by atomic mass is 9.93. The van der Waals surface area contributed by atoms with Gasteiger partial charge in [0, 0.05) is 41.4 Å². The zero-order chi connectivity index (χ0) is 21.4. The second kappa shape index (κ2) is 8.56. The zero-order valence-electron chi connectivity index (χ0n) is 17.2. The van der Waals surface area contributed by atoms with Crippen molar-refractivity contribution in [1.82, 2.24) is 9.88 Å². The lowest BCUT2D eigenvalue weighted by molar-refractivity contribution is -0.126. The Hall–Kier alpha value is -2.50. The van der Waals surface area contributed by atoms with Gasteiger partial charge in [-0.2, -0.15) is 12.6 Å². The maximum atomic E-state index is 14.7. The van der Waals surface area contributed by atoms with Crippen LogP contribution in [0.3, 0.4) is 0 Å². The van der Waals surface area contributed by atoms with E-state index < -0.39 is 6.04 Å². The highest BCUT2D eigenvalue weighted by molar-refractivity contribution is 7.81. The smallest absolute Gasteiger partial charge is 0.157 e. The molecular weight excluding hydrogens is 407 g/mol. The molecule has 1 aromatic heterocycles. The van der Waals surface area contributed by atoms with Gasteiger partial charge in [0.1, 0.15) is 5.82 Å². The van der Waals surface area contributed by atoms with Crippen LogP contribution in [-0.4, -0.2) is 34.0 Å². The van der Waals surface area contributed by atoms with Crippen LogP contribution in [0.1, 0.15) is 36.4 Å². The molecule has 2 unspecified atom stereocenters. The number of Topliss-reactive ketones (excluding diaryl/α,β-unsaturated/α-hetero) is 1. The van der Waals surface area contributed by atoms with Gasteiger partial charge in [-0.15, -0.1) is 0 Å². The van der Waals surface area contributed by atoms with Crippen molar-refractivity contribution in [1.29, 1.82) is 0 Å². The van der Waals surface area contributed by atoms with E-state index in [9.17, 15) is 9.18 Å². The van der Waals surface area contributed by atoms with E-state index >= 15 is 0 Å². The Morgan fingerprint density at radius 1 is 1.13 bits per heavy atom. The second-order valence-corrected chi connectivity index (χ2v) is 9.18. The van der Waals surface area contributed by atoms with Crippen LogP contribution >= 0.6 is 12.6 Å². The number of hydrogen-bond donors (Lipinski definition) is 1. The van der Waals surface area contributed by atoms with Crippen LogP contribution in [0.15, 0.2) is 66.4 Å². The Bertz CT molecular complexity index is 1160. The van der Waals surface area contributed by atoms with Crippen molar-refractivity contribution < 1.29 is 9.18 Å². The molecule has 2 atom stereocenters. The molecule has 0 amide bonds. The predicted molar refractivity (Wildman–Crippen MR) is 126 cm³/mol. The molecule has 1 saturated carbocycles. The fourth-order valence-corrected chi connectivity index (χ4v) is 4.73. The van der Waals surface area contributed by atoms with Gasteiger partial charge in [0.15, 0.2) is 5.78 Å². The number of carbonyl (C=O) groups excluding carboxylic acids is 1. The number of ketones is 1. The first-order chi connectivity index (χ1) is 15.1. The van der Waals surface area contributed by atoms with E-state index in [0.29, 0.717) is 12.1 Å². The molecule has 1 aliphatic heterocycles. The molecule has 0 radical (unpaired) electrons. The SMILES string of the molecule is O=C(C1CC1)C(c1ccccc1F)N1CCC(S)/C(=C/c2cnc3ccccc3c2)C1. The maximum Gasteiger partial charge on any atom is 0.157 e. The summed E-state index contributed by atoms with van der Waals surface area (Å²) in [5, 5.41) is 1.20. The van der Waals surface area contributed by atoms with Gasteiger partial charge in [-0.05, 0) is 48.6 Å². The van der Waals surface area contributed by atoms with Crippen molar-refractivity contribution in [3.63, 3.8) is 0 Å². The summed E-state index contributed by atoms with van der Waals surface area (Å²) in [4.78, 5) is 19.9. The number of benzene rings is 2. The van der Waals surface area contributed by atoms with Crippen molar-refractivity contribution in [3.8, 4) is 0 Å².